The van der Waals surface area contributed by atoms with Gasteiger partial charge >= 0.3 is 12.1 Å². The molecule has 0 fully saturated rings. The highest BCUT2D eigenvalue weighted by atomic mass is 32.1. The minimum Gasteiger partial charge on any atom is -0.462 e. The van der Waals surface area contributed by atoms with Crippen LogP contribution in [0.15, 0.2) is 30.3 Å². The van der Waals surface area contributed by atoms with Crippen molar-refractivity contribution in [2.75, 3.05) is 31.3 Å². The van der Waals surface area contributed by atoms with E-state index in [1.54, 1.807) is 31.2 Å². The quantitative estimate of drug-likeness (QED) is 0.627. The summed E-state index contributed by atoms with van der Waals surface area (Å²) in [6, 6.07) is 7.95. The SMILES string of the molecule is CCOC(=O)c1sc2nc(-c3ccc(N(C)C)cc3)cc(C(F)(F)F)c2c1N. The number of hydrogen-bond acceptors (Lipinski definition) is 6. The van der Waals surface area contributed by atoms with Crippen molar-refractivity contribution in [3.63, 3.8) is 0 Å². The van der Waals surface area contributed by atoms with Gasteiger partial charge in [0.1, 0.15) is 9.71 Å². The zero-order valence-electron chi connectivity index (χ0n) is 15.4. The maximum absolute atomic E-state index is 13.7. The summed E-state index contributed by atoms with van der Waals surface area (Å²) in [6.45, 7) is 1.70. The standard InChI is InChI=1S/C19H18F3N3O2S/c1-4-27-18(26)16-15(23)14-12(19(20,21)22)9-13(24-17(14)28-16)10-5-7-11(8-6-10)25(2)3/h5-9H,4,23H2,1-3H3. The third-order valence-electron chi connectivity index (χ3n) is 4.14. The fourth-order valence-electron chi connectivity index (χ4n) is 2.77. The lowest BCUT2D eigenvalue weighted by atomic mass is 10.0. The fourth-order valence-corrected chi connectivity index (χ4v) is 3.78. The van der Waals surface area contributed by atoms with E-state index in [1.165, 1.54) is 0 Å². The second-order valence-corrected chi connectivity index (χ2v) is 7.24. The van der Waals surface area contributed by atoms with Gasteiger partial charge in [0, 0.05) is 30.7 Å². The molecule has 2 heterocycles. The molecule has 28 heavy (non-hydrogen) atoms. The van der Waals surface area contributed by atoms with Crippen LogP contribution in [0, 0.1) is 0 Å². The molecule has 2 aromatic heterocycles. The van der Waals surface area contributed by atoms with Crippen LogP contribution in [-0.2, 0) is 10.9 Å². The Hall–Kier alpha value is -2.81. The summed E-state index contributed by atoms with van der Waals surface area (Å²) < 4.78 is 46.1. The average Bonchev–Trinajstić information content (AvgIpc) is 2.97. The van der Waals surface area contributed by atoms with Crippen LogP contribution in [0.2, 0.25) is 0 Å². The third-order valence-corrected chi connectivity index (χ3v) is 5.22. The summed E-state index contributed by atoms with van der Waals surface area (Å²) >= 11 is 0.800. The molecule has 3 aromatic rings. The van der Waals surface area contributed by atoms with Gasteiger partial charge in [-0.3, -0.25) is 0 Å². The highest BCUT2D eigenvalue weighted by Crippen LogP contribution is 2.43. The number of esters is 1. The summed E-state index contributed by atoms with van der Waals surface area (Å²) in [6.07, 6.45) is -4.65. The number of nitrogen functional groups attached to an aromatic ring is 1. The van der Waals surface area contributed by atoms with E-state index >= 15 is 0 Å². The summed E-state index contributed by atoms with van der Waals surface area (Å²) in [5.41, 5.74) is 6.29. The zero-order chi connectivity index (χ0) is 20.6. The van der Waals surface area contributed by atoms with Crippen LogP contribution in [-0.4, -0.2) is 31.7 Å². The Morgan fingerprint density at radius 2 is 1.89 bits per heavy atom. The van der Waals surface area contributed by atoms with E-state index in [0.29, 0.717) is 5.56 Å². The lowest BCUT2D eigenvalue weighted by molar-refractivity contribution is -0.136. The van der Waals surface area contributed by atoms with Gasteiger partial charge in [0.25, 0.3) is 0 Å². The van der Waals surface area contributed by atoms with Gasteiger partial charge in [0.05, 0.1) is 23.6 Å². The van der Waals surface area contributed by atoms with Gasteiger partial charge < -0.3 is 15.4 Å². The van der Waals surface area contributed by atoms with Gasteiger partial charge in [-0.1, -0.05) is 12.1 Å². The average molecular weight is 409 g/mol. The summed E-state index contributed by atoms with van der Waals surface area (Å²) in [5.74, 6) is -0.756. The number of halogens is 3. The molecule has 5 nitrogen and oxygen atoms in total. The van der Waals surface area contributed by atoms with Crippen molar-refractivity contribution in [3.8, 4) is 11.3 Å². The highest BCUT2D eigenvalue weighted by Gasteiger charge is 2.36. The number of anilines is 2. The highest BCUT2D eigenvalue weighted by molar-refractivity contribution is 7.21. The van der Waals surface area contributed by atoms with Crippen LogP contribution in [0.4, 0.5) is 24.5 Å². The molecule has 0 radical (unpaired) electrons. The normalized spacial score (nSPS) is 11.6. The maximum atomic E-state index is 13.7. The number of hydrogen-bond donors (Lipinski definition) is 1. The number of fused-ring (bicyclic) bond motifs is 1. The smallest absolute Gasteiger partial charge is 0.417 e. The van der Waals surface area contributed by atoms with Gasteiger partial charge in [-0.15, -0.1) is 11.3 Å². The molecule has 0 aliphatic heterocycles. The van der Waals surface area contributed by atoms with Crippen LogP contribution in [0.25, 0.3) is 21.5 Å². The van der Waals surface area contributed by atoms with Crippen LogP contribution >= 0.6 is 11.3 Å². The summed E-state index contributed by atoms with van der Waals surface area (Å²) in [7, 11) is 3.73. The molecule has 0 amide bonds. The monoisotopic (exact) mass is 409 g/mol. The Balaban J connectivity index is 2.22. The van der Waals surface area contributed by atoms with E-state index < -0.39 is 17.7 Å². The van der Waals surface area contributed by atoms with E-state index in [0.717, 1.165) is 23.1 Å². The van der Waals surface area contributed by atoms with Gasteiger partial charge in [0.2, 0.25) is 0 Å². The second-order valence-electron chi connectivity index (χ2n) is 6.24. The van der Waals surface area contributed by atoms with Crippen LogP contribution in [0.5, 0.6) is 0 Å². The largest absolute Gasteiger partial charge is 0.462 e. The molecule has 0 atom stereocenters. The Morgan fingerprint density at radius 3 is 2.43 bits per heavy atom. The van der Waals surface area contributed by atoms with E-state index in [2.05, 4.69) is 4.98 Å². The fraction of sp³-hybridized carbons (Fsp3) is 0.263. The first kappa shape index (κ1) is 19.9. The van der Waals surface area contributed by atoms with Crippen molar-refractivity contribution in [3.05, 3.63) is 40.8 Å². The minimum atomic E-state index is -4.65. The molecule has 2 N–H and O–H groups in total. The topological polar surface area (TPSA) is 68.5 Å². The number of ether oxygens (including phenoxy) is 1. The number of alkyl halides is 3. The van der Waals surface area contributed by atoms with Gasteiger partial charge in [-0.25, -0.2) is 9.78 Å². The number of benzene rings is 1. The molecule has 0 spiro atoms. The van der Waals surface area contributed by atoms with Crippen molar-refractivity contribution < 1.29 is 22.7 Å². The van der Waals surface area contributed by atoms with E-state index in [9.17, 15) is 18.0 Å². The first-order chi connectivity index (χ1) is 13.1. The molecule has 0 unspecified atom stereocenters. The van der Waals surface area contributed by atoms with Crippen molar-refractivity contribution in [1.82, 2.24) is 4.98 Å². The third kappa shape index (κ3) is 3.62. The number of carbonyl (C=O) groups excluding carboxylic acids is 1. The molecule has 0 saturated heterocycles. The van der Waals surface area contributed by atoms with Crippen molar-refractivity contribution in [2.24, 2.45) is 0 Å². The predicted octanol–water partition coefficient (Wildman–Crippen LogP) is 4.81. The summed E-state index contributed by atoms with van der Waals surface area (Å²) in [5, 5.41) is -0.269. The van der Waals surface area contributed by atoms with Crippen molar-refractivity contribution in [2.45, 2.75) is 13.1 Å². The Labute approximate surface area is 163 Å². The molecular weight excluding hydrogens is 391 g/mol. The van der Waals surface area contributed by atoms with Gasteiger partial charge in [0.15, 0.2) is 0 Å². The lowest BCUT2D eigenvalue weighted by Crippen LogP contribution is -2.09. The molecule has 9 heteroatoms. The molecule has 0 bridgehead atoms. The van der Waals surface area contributed by atoms with E-state index in [4.69, 9.17) is 10.5 Å². The Kier molecular flexibility index (Phi) is 5.20. The number of aromatic nitrogens is 1. The van der Waals surface area contributed by atoms with Gasteiger partial charge in [-0.05, 0) is 25.1 Å². The minimum absolute atomic E-state index is 0.0436. The number of pyridine rings is 1. The number of carbonyl (C=O) groups is 1. The first-order valence-electron chi connectivity index (χ1n) is 8.38. The number of thiophene rings is 1. The molecule has 3 rings (SSSR count). The number of rotatable bonds is 4. The van der Waals surface area contributed by atoms with Gasteiger partial charge in [-0.2, -0.15) is 13.2 Å². The molecule has 1 aromatic carbocycles. The molecule has 0 aliphatic rings. The van der Waals surface area contributed by atoms with E-state index in [-0.39, 0.29) is 33.1 Å². The maximum Gasteiger partial charge on any atom is 0.417 e. The first-order valence-corrected chi connectivity index (χ1v) is 9.20. The molecular formula is C19H18F3N3O2S. The van der Waals surface area contributed by atoms with Crippen LogP contribution in [0.1, 0.15) is 22.2 Å². The molecule has 148 valence electrons. The Bertz CT molecular complexity index is 1030. The predicted molar refractivity (Wildman–Crippen MR) is 105 cm³/mol. The summed E-state index contributed by atoms with van der Waals surface area (Å²) in [4.78, 5) is 18.2. The lowest BCUT2D eigenvalue weighted by Gasteiger charge is -2.14. The van der Waals surface area contributed by atoms with E-state index in [1.807, 2.05) is 19.0 Å². The number of nitrogens with two attached hydrogens (primary N) is 1. The van der Waals surface area contributed by atoms with Crippen molar-refractivity contribution in [1.29, 1.82) is 0 Å². The van der Waals surface area contributed by atoms with Crippen LogP contribution < -0.4 is 10.6 Å². The Morgan fingerprint density at radius 1 is 1.25 bits per heavy atom. The molecule has 0 aliphatic carbocycles. The zero-order valence-corrected chi connectivity index (χ0v) is 16.2. The van der Waals surface area contributed by atoms with Crippen LogP contribution in [0.3, 0.4) is 0 Å². The second kappa shape index (κ2) is 7.31. The number of nitrogens with zero attached hydrogens (tertiary/aromatic N) is 2. The van der Waals surface area contributed by atoms with Crippen molar-refractivity contribution >= 4 is 38.9 Å². The molecule has 0 saturated carbocycles.